The molecule has 0 unspecified atom stereocenters. The highest BCUT2D eigenvalue weighted by molar-refractivity contribution is 5.77. The number of hydrogen-bond donors (Lipinski definition) is 0. The maximum Gasteiger partial charge on any atom is 0.222 e. The number of ether oxygens (including phenoxy) is 1. The summed E-state index contributed by atoms with van der Waals surface area (Å²) in [5.41, 5.74) is 1.12. The van der Waals surface area contributed by atoms with Crippen LogP contribution in [0.2, 0.25) is 0 Å². The Balaban J connectivity index is 1.28. The van der Waals surface area contributed by atoms with E-state index in [1.54, 1.807) is 6.33 Å². The fourth-order valence-electron chi connectivity index (χ4n) is 4.26. The van der Waals surface area contributed by atoms with Gasteiger partial charge in [-0.05, 0) is 38.0 Å². The van der Waals surface area contributed by atoms with Crippen LogP contribution in [-0.4, -0.2) is 60.2 Å². The monoisotopic (exact) mass is 344 g/mol. The lowest BCUT2D eigenvalue weighted by molar-refractivity contribution is -0.127. The van der Waals surface area contributed by atoms with Crippen molar-refractivity contribution in [3.63, 3.8) is 0 Å². The fourth-order valence-corrected chi connectivity index (χ4v) is 4.26. The van der Waals surface area contributed by atoms with E-state index in [-0.39, 0.29) is 0 Å². The van der Waals surface area contributed by atoms with Crippen LogP contribution in [0.1, 0.15) is 50.1 Å². The van der Waals surface area contributed by atoms with Crippen LogP contribution in [0.3, 0.4) is 0 Å². The minimum Gasteiger partial charge on any atom is -0.381 e. The molecule has 6 heteroatoms. The Bertz CT molecular complexity index is 595. The first-order valence-corrected chi connectivity index (χ1v) is 9.72. The molecule has 0 radical (unpaired) electrons. The third-order valence-corrected chi connectivity index (χ3v) is 5.94. The molecule has 0 aliphatic carbocycles. The molecule has 4 heterocycles. The average Bonchev–Trinajstić information content (AvgIpc) is 3.32. The molecule has 4 rings (SSSR count). The van der Waals surface area contributed by atoms with Crippen molar-refractivity contribution >= 4 is 11.7 Å². The molecule has 1 amide bonds. The third-order valence-electron chi connectivity index (χ3n) is 5.94. The molecule has 1 aromatic heterocycles. The number of piperidine rings is 1. The number of anilines is 1. The summed E-state index contributed by atoms with van der Waals surface area (Å²) < 4.78 is 5.49. The topological polar surface area (TPSA) is 58.6 Å². The second-order valence-corrected chi connectivity index (χ2v) is 7.57. The molecular weight excluding hydrogens is 316 g/mol. The Morgan fingerprint density at radius 3 is 2.76 bits per heavy atom. The van der Waals surface area contributed by atoms with Crippen LogP contribution in [-0.2, 0) is 9.53 Å². The lowest BCUT2D eigenvalue weighted by atomic mass is 9.93. The van der Waals surface area contributed by atoms with Crippen molar-refractivity contribution in [3.05, 3.63) is 18.1 Å². The number of carbonyl (C=O) groups excluding carboxylic acids is 1. The zero-order valence-electron chi connectivity index (χ0n) is 14.9. The molecule has 3 aliphatic heterocycles. The molecule has 136 valence electrons. The van der Waals surface area contributed by atoms with Crippen LogP contribution in [0.25, 0.3) is 0 Å². The first-order valence-electron chi connectivity index (χ1n) is 9.72. The van der Waals surface area contributed by atoms with Crippen LogP contribution in [0.4, 0.5) is 5.82 Å². The van der Waals surface area contributed by atoms with Crippen LogP contribution >= 0.6 is 0 Å². The van der Waals surface area contributed by atoms with Gasteiger partial charge < -0.3 is 14.5 Å². The van der Waals surface area contributed by atoms with E-state index in [9.17, 15) is 4.79 Å². The van der Waals surface area contributed by atoms with Gasteiger partial charge in [-0.3, -0.25) is 4.79 Å². The Morgan fingerprint density at radius 1 is 1.16 bits per heavy atom. The van der Waals surface area contributed by atoms with Crippen molar-refractivity contribution < 1.29 is 9.53 Å². The van der Waals surface area contributed by atoms with Gasteiger partial charge in [0.1, 0.15) is 12.1 Å². The van der Waals surface area contributed by atoms with E-state index in [4.69, 9.17) is 4.74 Å². The number of rotatable bonds is 5. The summed E-state index contributed by atoms with van der Waals surface area (Å²) >= 11 is 0. The zero-order chi connectivity index (χ0) is 17.1. The molecule has 0 aromatic carbocycles. The first kappa shape index (κ1) is 16.8. The molecule has 0 N–H and O–H groups in total. The van der Waals surface area contributed by atoms with E-state index in [1.807, 2.05) is 4.90 Å². The van der Waals surface area contributed by atoms with Crippen LogP contribution in [0.5, 0.6) is 0 Å². The van der Waals surface area contributed by atoms with Crippen molar-refractivity contribution in [2.75, 3.05) is 44.3 Å². The predicted octanol–water partition coefficient (Wildman–Crippen LogP) is 2.21. The smallest absolute Gasteiger partial charge is 0.222 e. The third kappa shape index (κ3) is 3.94. The van der Waals surface area contributed by atoms with Crippen molar-refractivity contribution in [2.45, 2.75) is 44.4 Å². The van der Waals surface area contributed by atoms with Crippen LogP contribution in [0.15, 0.2) is 12.4 Å². The Kier molecular flexibility index (Phi) is 5.15. The number of amides is 1. The van der Waals surface area contributed by atoms with E-state index < -0.39 is 0 Å². The summed E-state index contributed by atoms with van der Waals surface area (Å²) in [6.07, 6.45) is 8.08. The van der Waals surface area contributed by atoms with Crippen molar-refractivity contribution in [3.8, 4) is 0 Å². The van der Waals surface area contributed by atoms with Gasteiger partial charge in [-0.1, -0.05) is 0 Å². The summed E-state index contributed by atoms with van der Waals surface area (Å²) in [6.45, 7) is 5.64. The molecule has 1 atom stereocenters. The van der Waals surface area contributed by atoms with Gasteiger partial charge in [0.05, 0.1) is 12.3 Å². The normalized spacial score (nSPS) is 25.1. The summed E-state index contributed by atoms with van der Waals surface area (Å²) in [6, 6.07) is 2.16. The molecule has 3 aliphatic rings. The fraction of sp³-hybridized carbons (Fsp3) is 0.737. The molecule has 3 saturated heterocycles. The van der Waals surface area contributed by atoms with Crippen molar-refractivity contribution in [1.29, 1.82) is 0 Å². The summed E-state index contributed by atoms with van der Waals surface area (Å²) in [5.74, 6) is 2.57. The zero-order valence-corrected chi connectivity index (χ0v) is 14.9. The molecule has 0 bridgehead atoms. The number of carbonyl (C=O) groups is 1. The van der Waals surface area contributed by atoms with Gasteiger partial charge in [0.15, 0.2) is 0 Å². The van der Waals surface area contributed by atoms with Crippen LogP contribution < -0.4 is 4.90 Å². The van der Waals surface area contributed by atoms with Crippen molar-refractivity contribution in [2.24, 2.45) is 5.92 Å². The van der Waals surface area contributed by atoms with E-state index in [0.29, 0.717) is 11.8 Å². The molecule has 0 saturated carbocycles. The predicted molar refractivity (Wildman–Crippen MR) is 95.6 cm³/mol. The number of nitrogens with zero attached hydrogens (tertiary/aromatic N) is 4. The molecule has 0 spiro atoms. The first-order chi connectivity index (χ1) is 12.3. The summed E-state index contributed by atoms with van der Waals surface area (Å²) in [7, 11) is 0. The standard InChI is InChI=1S/C19H28N4O2/c24-19-2-1-7-23(19)10-5-15-3-8-22(9-4-15)18-12-17(20-14-21-18)16-6-11-25-13-16/h12,14-16H,1-11,13H2/t16-/m0/s1. The van der Waals surface area contributed by atoms with E-state index >= 15 is 0 Å². The minimum absolute atomic E-state index is 0.349. The second-order valence-electron chi connectivity index (χ2n) is 7.57. The van der Waals surface area contributed by atoms with Gasteiger partial charge in [-0.15, -0.1) is 0 Å². The largest absolute Gasteiger partial charge is 0.381 e. The quantitative estimate of drug-likeness (QED) is 0.820. The maximum absolute atomic E-state index is 11.7. The van der Waals surface area contributed by atoms with E-state index in [0.717, 1.165) is 82.5 Å². The van der Waals surface area contributed by atoms with E-state index in [2.05, 4.69) is 20.9 Å². The Hall–Kier alpha value is -1.69. The number of likely N-dealkylation sites (tertiary alicyclic amines) is 1. The highest BCUT2D eigenvalue weighted by Crippen LogP contribution is 2.28. The summed E-state index contributed by atoms with van der Waals surface area (Å²) in [5, 5.41) is 0. The van der Waals surface area contributed by atoms with Gasteiger partial charge in [-0.2, -0.15) is 0 Å². The maximum atomic E-state index is 11.7. The second kappa shape index (κ2) is 7.68. The van der Waals surface area contributed by atoms with Crippen molar-refractivity contribution in [1.82, 2.24) is 14.9 Å². The van der Waals surface area contributed by atoms with E-state index in [1.165, 1.54) is 12.8 Å². The van der Waals surface area contributed by atoms with Crippen LogP contribution in [0, 0.1) is 5.92 Å². The summed E-state index contributed by atoms with van der Waals surface area (Å²) in [4.78, 5) is 25.1. The Morgan fingerprint density at radius 2 is 2.04 bits per heavy atom. The minimum atomic E-state index is 0.349. The molecule has 6 nitrogen and oxygen atoms in total. The highest BCUT2D eigenvalue weighted by Gasteiger charge is 2.25. The molecule has 25 heavy (non-hydrogen) atoms. The average molecular weight is 344 g/mol. The lowest BCUT2D eigenvalue weighted by Crippen LogP contribution is -2.36. The van der Waals surface area contributed by atoms with Gasteiger partial charge >= 0.3 is 0 Å². The number of hydrogen-bond acceptors (Lipinski definition) is 5. The highest BCUT2D eigenvalue weighted by atomic mass is 16.5. The Labute approximate surface area is 149 Å². The van der Waals surface area contributed by atoms with Gasteiger partial charge in [0.25, 0.3) is 0 Å². The molecule has 3 fully saturated rings. The van der Waals surface area contributed by atoms with Gasteiger partial charge in [0.2, 0.25) is 5.91 Å². The van der Waals surface area contributed by atoms with Gasteiger partial charge in [0, 0.05) is 51.2 Å². The SMILES string of the molecule is O=C1CCCN1CCC1CCN(c2cc([C@H]3CCOC3)ncn2)CC1. The number of aromatic nitrogens is 2. The lowest BCUT2D eigenvalue weighted by Gasteiger charge is -2.33. The van der Waals surface area contributed by atoms with Gasteiger partial charge in [-0.25, -0.2) is 9.97 Å². The molecule has 1 aromatic rings. The molecular formula is C19H28N4O2.